The molecule has 0 spiro atoms. The summed E-state index contributed by atoms with van der Waals surface area (Å²) in [6.45, 7) is 3.51. The Morgan fingerprint density at radius 1 is 1.47 bits per heavy atom. The van der Waals surface area contributed by atoms with E-state index in [-0.39, 0.29) is 11.7 Å². The normalized spacial score (nSPS) is 10.3. The molecule has 17 heavy (non-hydrogen) atoms. The molecule has 0 saturated carbocycles. The van der Waals surface area contributed by atoms with Crippen molar-refractivity contribution in [2.45, 2.75) is 26.3 Å². The first kappa shape index (κ1) is 13.6. The average molecular weight is 238 g/mol. The third-order valence-electron chi connectivity index (χ3n) is 2.59. The van der Waals surface area contributed by atoms with Gasteiger partial charge < -0.3 is 10.6 Å². The lowest BCUT2D eigenvalue weighted by Gasteiger charge is -2.21. The van der Waals surface area contributed by atoms with Gasteiger partial charge in [0.15, 0.2) is 0 Å². The van der Waals surface area contributed by atoms with Crippen LogP contribution in [0.15, 0.2) is 24.3 Å². The van der Waals surface area contributed by atoms with Gasteiger partial charge in [-0.1, -0.05) is 12.1 Å². The van der Waals surface area contributed by atoms with Crippen LogP contribution in [0.4, 0.5) is 4.39 Å². The lowest BCUT2D eigenvalue weighted by atomic mass is 10.2. The molecule has 2 N–H and O–H groups in total. The Morgan fingerprint density at radius 2 is 2.24 bits per heavy atom. The van der Waals surface area contributed by atoms with E-state index >= 15 is 0 Å². The predicted molar refractivity (Wildman–Crippen MR) is 65.8 cm³/mol. The van der Waals surface area contributed by atoms with Gasteiger partial charge in [0.25, 0.3) is 0 Å². The minimum absolute atomic E-state index is 0.0715. The van der Waals surface area contributed by atoms with Gasteiger partial charge >= 0.3 is 0 Å². The van der Waals surface area contributed by atoms with Crippen LogP contribution in [0.3, 0.4) is 0 Å². The summed E-state index contributed by atoms with van der Waals surface area (Å²) in [4.78, 5) is 13.5. The molecular formula is C13H19FN2O. The van der Waals surface area contributed by atoms with Crippen LogP contribution >= 0.6 is 0 Å². The van der Waals surface area contributed by atoms with Gasteiger partial charge in [0.1, 0.15) is 5.82 Å². The summed E-state index contributed by atoms with van der Waals surface area (Å²) in [7, 11) is 0. The zero-order valence-electron chi connectivity index (χ0n) is 10.2. The van der Waals surface area contributed by atoms with Gasteiger partial charge in [-0.05, 0) is 37.6 Å². The van der Waals surface area contributed by atoms with Crippen molar-refractivity contribution < 1.29 is 9.18 Å². The van der Waals surface area contributed by atoms with Crippen LogP contribution in [0.25, 0.3) is 0 Å². The smallest absolute Gasteiger partial charge is 0.222 e. The lowest BCUT2D eigenvalue weighted by Crippen LogP contribution is -2.30. The molecule has 0 aliphatic heterocycles. The molecular weight excluding hydrogens is 219 g/mol. The minimum atomic E-state index is -0.270. The molecule has 0 radical (unpaired) electrons. The second kappa shape index (κ2) is 7.01. The fourth-order valence-corrected chi connectivity index (χ4v) is 1.64. The zero-order valence-corrected chi connectivity index (χ0v) is 10.2. The average Bonchev–Trinajstić information content (AvgIpc) is 2.33. The van der Waals surface area contributed by atoms with E-state index in [1.54, 1.807) is 11.0 Å². The highest BCUT2D eigenvalue weighted by Crippen LogP contribution is 2.08. The SMILES string of the molecule is CCN(Cc1cccc(F)c1)C(=O)CCCN. The summed E-state index contributed by atoms with van der Waals surface area (Å²) in [6, 6.07) is 6.33. The fourth-order valence-electron chi connectivity index (χ4n) is 1.64. The molecule has 1 aromatic rings. The van der Waals surface area contributed by atoms with E-state index in [1.807, 2.05) is 13.0 Å². The van der Waals surface area contributed by atoms with Crippen LogP contribution in [0.2, 0.25) is 0 Å². The fraction of sp³-hybridized carbons (Fsp3) is 0.462. The molecule has 0 heterocycles. The summed E-state index contributed by atoms with van der Waals surface area (Å²) in [5, 5.41) is 0. The van der Waals surface area contributed by atoms with Crippen molar-refractivity contribution in [3.8, 4) is 0 Å². The summed E-state index contributed by atoms with van der Waals surface area (Å²) < 4.78 is 13.0. The molecule has 0 aliphatic carbocycles. The van der Waals surface area contributed by atoms with E-state index in [1.165, 1.54) is 12.1 Å². The van der Waals surface area contributed by atoms with Crippen LogP contribution in [0.1, 0.15) is 25.3 Å². The van der Waals surface area contributed by atoms with E-state index in [9.17, 15) is 9.18 Å². The van der Waals surface area contributed by atoms with Crippen molar-refractivity contribution in [3.63, 3.8) is 0 Å². The lowest BCUT2D eigenvalue weighted by molar-refractivity contribution is -0.131. The highest BCUT2D eigenvalue weighted by Gasteiger charge is 2.11. The number of nitrogens with two attached hydrogens (primary N) is 1. The second-order valence-corrected chi connectivity index (χ2v) is 3.93. The third kappa shape index (κ3) is 4.53. The summed E-state index contributed by atoms with van der Waals surface area (Å²) in [6.07, 6.45) is 1.15. The zero-order chi connectivity index (χ0) is 12.7. The van der Waals surface area contributed by atoms with Gasteiger partial charge in [-0.3, -0.25) is 4.79 Å². The number of carbonyl (C=O) groups is 1. The van der Waals surface area contributed by atoms with Crippen molar-refractivity contribution in [1.82, 2.24) is 4.90 Å². The van der Waals surface area contributed by atoms with Crippen LogP contribution in [0, 0.1) is 5.82 Å². The van der Waals surface area contributed by atoms with Gasteiger partial charge in [0.2, 0.25) is 5.91 Å². The Kier molecular flexibility index (Phi) is 5.63. The molecule has 1 amide bonds. The standard InChI is InChI=1S/C13H19FN2O/c1-2-16(13(17)7-4-8-15)10-11-5-3-6-12(14)9-11/h3,5-6,9H,2,4,7-8,10,15H2,1H3. The van der Waals surface area contributed by atoms with Crippen molar-refractivity contribution in [2.24, 2.45) is 5.73 Å². The van der Waals surface area contributed by atoms with Gasteiger partial charge in [-0.15, -0.1) is 0 Å². The molecule has 0 saturated heterocycles. The second-order valence-electron chi connectivity index (χ2n) is 3.93. The molecule has 1 rings (SSSR count). The van der Waals surface area contributed by atoms with E-state index in [0.717, 1.165) is 5.56 Å². The Hall–Kier alpha value is -1.42. The van der Waals surface area contributed by atoms with Gasteiger partial charge in [-0.2, -0.15) is 0 Å². The number of halogens is 1. The number of carbonyl (C=O) groups excluding carboxylic acids is 1. The van der Waals surface area contributed by atoms with Gasteiger partial charge in [-0.25, -0.2) is 4.39 Å². The Morgan fingerprint density at radius 3 is 2.82 bits per heavy atom. The van der Waals surface area contributed by atoms with Crippen molar-refractivity contribution >= 4 is 5.91 Å². The molecule has 0 atom stereocenters. The number of benzene rings is 1. The molecule has 1 aromatic carbocycles. The Balaban J connectivity index is 2.60. The molecule has 4 heteroatoms. The molecule has 0 bridgehead atoms. The number of rotatable bonds is 6. The highest BCUT2D eigenvalue weighted by atomic mass is 19.1. The van der Waals surface area contributed by atoms with E-state index in [0.29, 0.717) is 32.5 Å². The first-order valence-electron chi connectivity index (χ1n) is 5.89. The van der Waals surface area contributed by atoms with E-state index < -0.39 is 0 Å². The quantitative estimate of drug-likeness (QED) is 0.823. The number of amides is 1. The third-order valence-corrected chi connectivity index (χ3v) is 2.59. The van der Waals surface area contributed by atoms with Crippen LogP contribution < -0.4 is 5.73 Å². The molecule has 3 nitrogen and oxygen atoms in total. The topological polar surface area (TPSA) is 46.3 Å². The number of nitrogens with zero attached hydrogens (tertiary/aromatic N) is 1. The predicted octanol–water partition coefficient (Wildman–Crippen LogP) is 1.91. The maximum absolute atomic E-state index is 13.0. The van der Waals surface area contributed by atoms with Gasteiger partial charge in [0, 0.05) is 19.5 Å². The summed E-state index contributed by atoms with van der Waals surface area (Å²) >= 11 is 0. The van der Waals surface area contributed by atoms with E-state index in [2.05, 4.69) is 0 Å². The monoisotopic (exact) mass is 238 g/mol. The van der Waals surface area contributed by atoms with Crippen molar-refractivity contribution in [1.29, 1.82) is 0 Å². The minimum Gasteiger partial charge on any atom is -0.339 e. The first-order valence-corrected chi connectivity index (χ1v) is 5.89. The van der Waals surface area contributed by atoms with Crippen molar-refractivity contribution in [3.05, 3.63) is 35.6 Å². The summed E-state index contributed by atoms with van der Waals surface area (Å²) in [5.41, 5.74) is 6.18. The van der Waals surface area contributed by atoms with Gasteiger partial charge in [0.05, 0.1) is 0 Å². The maximum atomic E-state index is 13.0. The molecule has 0 unspecified atom stereocenters. The largest absolute Gasteiger partial charge is 0.339 e. The molecule has 0 aromatic heterocycles. The van der Waals surface area contributed by atoms with Crippen LogP contribution in [-0.4, -0.2) is 23.9 Å². The molecule has 0 aliphatic rings. The highest BCUT2D eigenvalue weighted by molar-refractivity contribution is 5.76. The first-order chi connectivity index (χ1) is 8.17. The van der Waals surface area contributed by atoms with E-state index in [4.69, 9.17) is 5.73 Å². The Labute approximate surface area is 101 Å². The Bertz CT molecular complexity index is 368. The maximum Gasteiger partial charge on any atom is 0.222 e. The summed E-state index contributed by atoms with van der Waals surface area (Å²) in [5.74, 6) is -0.199. The number of hydrogen-bond donors (Lipinski definition) is 1. The van der Waals surface area contributed by atoms with Crippen molar-refractivity contribution in [2.75, 3.05) is 13.1 Å². The number of hydrogen-bond acceptors (Lipinski definition) is 2. The van der Waals surface area contributed by atoms with Crippen LogP contribution in [0.5, 0.6) is 0 Å². The molecule has 94 valence electrons. The van der Waals surface area contributed by atoms with Crippen LogP contribution in [-0.2, 0) is 11.3 Å². The molecule has 0 fully saturated rings.